The van der Waals surface area contributed by atoms with Crippen molar-refractivity contribution in [1.82, 2.24) is 0 Å². The van der Waals surface area contributed by atoms with Crippen LogP contribution >= 0.6 is 11.6 Å². The van der Waals surface area contributed by atoms with E-state index in [1.807, 2.05) is 13.8 Å². The lowest BCUT2D eigenvalue weighted by atomic mass is 9.77. The van der Waals surface area contributed by atoms with Crippen LogP contribution in [0.5, 0.6) is 0 Å². The maximum atomic E-state index is 13.0. The molecule has 0 saturated carbocycles. The lowest BCUT2D eigenvalue weighted by molar-refractivity contribution is -0.149. The van der Waals surface area contributed by atoms with Crippen LogP contribution in [0.15, 0.2) is 18.2 Å². The molecule has 1 rings (SSSR count). The van der Waals surface area contributed by atoms with Crippen LogP contribution in [-0.4, -0.2) is 11.1 Å². The van der Waals surface area contributed by atoms with Crippen LogP contribution in [0.1, 0.15) is 32.3 Å². The molecule has 0 fully saturated rings. The second-order valence-electron chi connectivity index (χ2n) is 4.22. The van der Waals surface area contributed by atoms with Gasteiger partial charge in [0, 0.05) is 0 Å². The first-order valence-corrected chi connectivity index (χ1v) is 6.00. The molecule has 94 valence electrons. The van der Waals surface area contributed by atoms with Gasteiger partial charge >= 0.3 is 5.97 Å². The molecule has 0 aliphatic carbocycles. The molecule has 0 saturated heterocycles. The second kappa shape index (κ2) is 5.50. The van der Waals surface area contributed by atoms with E-state index >= 15 is 0 Å². The van der Waals surface area contributed by atoms with Gasteiger partial charge in [-0.25, -0.2) is 4.39 Å². The van der Waals surface area contributed by atoms with Gasteiger partial charge in [0.1, 0.15) is 5.82 Å². The van der Waals surface area contributed by atoms with Gasteiger partial charge in [-0.3, -0.25) is 4.79 Å². The molecule has 0 aromatic heterocycles. The van der Waals surface area contributed by atoms with Gasteiger partial charge in [-0.1, -0.05) is 31.5 Å². The number of aliphatic carboxylic acids is 1. The first-order chi connectivity index (χ1) is 7.95. The van der Waals surface area contributed by atoms with Crippen molar-refractivity contribution >= 4 is 17.6 Å². The second-order valence-corrected chi connectivity index (χ2v) is 4.63. The van der Waals surface area contributed by atoms with E-state index in [1.165, 1.54) is 12.1 Å². The average Bonchev–Trinajstić information content (AvgIpc) is 2.30. The normalized spacial score (nSPS) is 11.5. The summed E-state index contributed by atoms with van der Waals surface area (Å²) < 4.78 is 13.0. The zero-order chi connectivity index (χ0) is 13.1. The summed E-state index contributed by atoms with van der Waals surface area (Å²) in [4.78, 5) is 11.3. The zero-order valence-corrected chi connectivity index (χ0v) is 10.7. The van der Waals surface area contributed by atoms with Crippen LogP contribution in [0.3, 0.4) is 0 Å². The summed E-state index contributed by atoms with van der Waals surface area (Å²) in [7, 11) is 0. The van der Waals surface area contributed by atoms with Gasteiger partial charge in [-0.05, 0) is 37.0 Å². The molecule has 0 heterocycles. The number of rotatable bonds is 5. The number of hydrogen-bond acceptors (Lipinski definition) is 1. The summed E-state index contributed by atoms with van der Waals surface area (Å²) in [5.74, 6) is -1.30. The number of hydrogen-bond donors (Lipinski definition) is 1. The summed E-state index contributed by atoms with van der Waals surface area (Å²) in [6.07, 6.45) is 1.44. The van der Waals surface area contributed by atoms with E-state index in [9.17, 15) is 14.3 Å². The molecular formula is C13H16ClFO2. The Morgan fingerprint density at radius 2 is 2.00 bits per heavy atom. The van der Waals surface area contributed by atoms with Gasteiger partial charge in [-0.15, -0.1) is 0 Å². The standard InChI is InChI=1S/C13H16ClFO2/c1-3-13(4-2,12(16)17)8-9-5-6-11(15)10(14)7-9/h5-7H,3-4,8H2,1-2H3,(H,16,17). The number of benzene rings is 1. The van der Waals surface area contributed by atoms with Crippen LogP contribution in [0.4, 0.5) is 4.39 Å². The van der Waals surface area contributed by atoms with Gasteiger partial charge in [0.15, 0.2) is 0 Å². The first-order valence-electron chi connectivity index (χ1n) is 5.62. The molecular weight excluding hydrogens is 243 g/mol. The van der Waals surface area contributed by atoms with Crippen molar-refractivity contribution in [3.63, 3.8) is 0 Å². The van der Waals surface area contributed by atoms with Crippen LogP contribution < -0.4 is 0 Å². The molecule has 0 aliphatic heterocycles. The number of halogens is 2. The van der Waals surface area contributed by atoms with Gasteiger partial charge in [-0.2, -0.15) is 0 Å². The number of carboxylic acids is 1. The molecule has 0 radical (unpaired) electrons. The van der Waals surface area contributed by atoms with E-state index < -0.39 is 17.2 Å². The maximum Gasteiger partial charge on any atom is 0.309 e. The average molecular weight is 259 g/mol. The molecule has 0 atom stereocenters. The summed E-state index contributed by atoms with van der Waals surface area (Å²) >= 11 is 5.69. The van der Waals surface area contributed by atoms with Crippen LogP contribution in [0, 0.1) is 11.2 Å². The van der Waals surface area contributed by atoms with Crippen molar-refractivity contribution in [2.24, 2.45) is 5.41 Å². The molecule has 1 aromatic rings. The molecule has 17 heavy (non-hydrogen) atoms. The van der Waals surface area contributed by atoms with Gasteiger partial charge in [0.2, 0.25) is 0 Å². The molecule has 0 aliphatic rings. The molecule has 4 heteroatoms. The summed E-state index contributed by atoms with van der Waals surface area (Å²) in [5, 5.41) is 9.34. The Morgan fingerprint density at radius 1 is 1.41 bits per heavy atom. The Bertz CT molecular complexity index is 414. The van der Waals surface area contributed by atoms with Crippen molar-refractivity contribution in [3.05, 3.63) is 34.6 Å². The maximum absolute atomic E-state index is 13.0. The summed E-state index contributed by atoms with van der Waals surface area (Å²) in [6.45, 7) is 3.70. The lowest BCUT2D eigenvalue weighted by Crippen LogP contribution is -2.32. The lowest BCUT2D eigenvalue weighted by Gasteiger charge is -2.26. The smallest absolute Gasteiger partial charge is 0.309 e. The SMILES string of the molecule is CCC(CC)(Cc1ccc(F)c(Cl)c1)C(=O)O. The van der Waals surface area contributed by atoms with Crippen molar-refractivity contribution in [2.75, 3.05) is 0 Å². The Kier molecular flexibility index (Phi) is 4.52. The molecule has 0 bridgehead atoms. The molecule has 0 unspecified atom stereocenters. The fraction of sp³-hybridized carbons (Fsp3) is 0.462. The highest BCUT2D eigenvalue weighted by Gasteiger charge is 2.34. The molecule has 1 aromatic carbocycles. The van der Waals surface area contributed by atoms with Crippen LogP contribution in [0.2, 0.25) is 5.02 Å². The van der Waals surface area contributed by atoms with Gasteiger partial charge < -0.3 is 5.11 Å². The monoisotopic (exact) mass is 258 g/mol. The highest BCUT2D eigenvalue weighted by molar-refractivity contribution is 6.30. The molecule has 0 spiro atoms. The minimum Gasteiger partial charge on any atom is -0.481 e. The molecule has 0 amide bonds. The van der Waals surface area contributed by atoms with Crippen molar-refractivity contribution in [2.45, 2.75) is 33.1 Å². The first kappa shape index (κ1) is 14.0. The highest BCUT2D eigenvalue weighted by Crippen LogP contribution is 2.32. The van der Waals surface area contributed by atoms with Crippen molar-refractivity contribution in [1.29, 1.82) is 0 Å². The molecule has 1 N–H and O–H groups in total. The number of carboxylic acid groups (broad SMARTS) is 1. The fourth-order valence-corrected chi connectivity index (χ4v) is 2.12. The Morgan fingerprint density at radius 3 is 2.41 bits per heavy atom. The third kappa shape index (κ3) is 2.97. The van der Waals surface area contributed by atoms with Gasteiger partial charge in [0.25, 0.3) is 0 Å². The highest BCUT2D eigenvalue weighted by atomic mass is 35.5. The van der Waals surface area contributed by atoms with Crippen molar-refractivity contribution < 1.29 is 14.3 Å². The molecule has 2 nitrogen and oxygen atoms in total. The quantitative estimate of drug-likeness (QED) is 0.869. The predicted molar refractivity (Wildman–Crippen MR) is 65.8 cm³/mol. The predicted octanol–water partition coefficient (Wildman–Crippen LogP) is 3.91. The summed E-state index contributed by atoms with van der Waals surface area (Å²) in [5.41, 5.74) is -0.0382. The minimum absolute atomic E-state index is 0.0361. The Hall–Kier alpha value is -1.09. The Labute approximate surface area is 105 Å². The van der Waals surface area contributed by atoms with Gasteiger partial charge in [0.05, 0.1) is 10.4 Å². The van der Waals surface area contributed by atoms with E-state index in [-0.39, 0.29) is 5.02 Å². The number of carbonyl (C=O) groups is 1. The fourth-order valence-electron chi connectivity index (χ4n) is 1.92. The van der Waals surface area contributed by atoms with Crippen LogP contribution in [-0.2, 0) is 11.2 Å². The van der Waals surface area contributed by atoms with Crippen LogP contribution in [0.25, 0.3) is 0 Å². The van der Waals surface area contributed by atoms with E-state index in [2.05, 4.69) is 0 Å². The van der Waals surface area contributed by atoms with Crippen molar-refractivity contribution in [3.8, 4) is 0 Å². The third-order valence-electron chi connectivity index (χ3n) is 3.33. The van der Waals surface area contributed by atoms with E-state index in [4.69, 9.17) is 11.6 Å². The zero-order valence-electron chi connectivity index (χ0n) is 9.96. The third-order valence-corrected chi connectivity index (χ3v) is 3.62. The largest absolute Gasteiger partial charge is 0.481 e. The Balaban J connectivity index is 3.01. The summed E-state index contributed by atoms with van der Waals surface area (Å²) in [6, 6.07) is 4.36. The van der Waals surface area contributed by atoms with E-state index in [0.717, 1.165) is 5.56 Å². The topological polar surface area (TPSA) is 37.3 Å². The van der Waals surface area contributed by atoms with E-state index in [0.29, 0.717) is 19.3 Å². The minimum atomic E-state index is -0.817. The van der Waals surface area contributed by atoms with E-state index in [1.54, 1.807) is 6.07 Å².